The fraction of sp³-hybridized carbons (Fsp3) is 0.235. The van der Waals surface area contributed by atoms with Gasteiger partial charge in [0.2, 0.25) is 0 Å². The summed E-state index contributed by atoms with van der Waals surface area (Å²) in [5.74, 6) is -1.33. The Balaban J connectivity index is 2.30. The SMILES string of the molecule is COC(=O)[C@H](C)[C@@H](NC(=O)c1ccncc1Cl)c1ccccc1. The molecule has 0 aliphatic heterocycles. The molecule has 0 radical (unpaired) electrons. The van der Waals surface area contributed by atoms with Gasteiger partial charge in [-0.25, -0.2) is 0 Å². The molecule has 0 saturated heterocycles. The molecule has 1 heterocycles. The number of carbonyl (C=O) groups excluding carboxylic acids is 2. The quantitative estimate of drug-likeness (QED) is 0.855. The van der Waals surface area contributed by atoms with E-state index in [4.69, 9.17) is 16.3 Å². The van der Waals surface area contributed by atoms with Crippen LogP contribution in [-0.2, 0) is 9.53 Å². The molecule has 0 spiro atoms. The van der Waals surface area contributed by atoms with Gasteiger partial charge in [-0.3, -0.25) is 14.6 Å². The second kappa shape index (κ2) is 7.74. The predicted molar refractivity (Wildman–Crippen MR) is 87.1 cm³/mol. The van der Waals surface area contributed by atoms with Crippen molar-refractivity contribution in [3.05, 3.63) is 64.9 Å². The maximum atomic E-state index is 12.5. The third-order valence-corrected chi connectivity index (χ3v) is 3.84. The number of carbonyl (C=O) groups is 2. The van der Waals surface area contributed by atoms with Crippen molar-refractivity contribution in [1.82, 2.24) is 10.3 Å². The molecule has 120 valence electrons. The van der Waals surface area contributed by atoms with Gasteiger partial charge >= 0.3 is 5.97 Å². The zero-order chi connectivity index (χ0) is 16.8. The van der Waals surface area contributed by atoms with E-state index in [-0.39, 0.29) is 10.9 Å². The molecular weight excluding hydrogens is 316 g/mol. The van der Waals surface area contributed by atoms with Gasteiger partial charge < -0.3 is 10.1 Å². The first-order chi connectivity index (χ1) is 11.0. The molecular formula is C17H17ClN2O3. The number of rotatable bonds is 5. The van der Waals surface area contributed by atoms with Crippen LogP contribution in [0.15, 0.2) is 48.8 Å². The molecule has 0 fully saturated rings. The van der Waals surface area contributed by atoms with Crippen LogP contribution in [0.1, 0.15) is 28.9 Å². The van der Waals surface area contributed by atoms with E-state index < -0.39 is 17.9 Å². The molecule has 5 nitrogen and oxygen atoms in total. The number of esters is 1. The maximum absolute atomic E-state index is 12.5. The first-order valence-corrected chi connectivity index (χ1v) is 7.45. The first kappa shape index (κ1) is 17.0. The van der Waals surface area contributed by atoms with Crippen LogP contribution in [0.2, 0.25) is 5.02 Å². The molecule has 2 aromatic rings. The first-order valence-electron chi connectivity index (χ1n) is 7.07. The molecule has 0 unspecified atom stereocenters. The fourth-order valence-corrected chi connectivity index (χ4v) is 2.46. The summed E-state index contributed by atoms with van der Waals surface area (Å²) in [6, 6.07) is 10.3. The molecule has 1 aromatic heterocycles. The van der Waals surface area contributed by atoms with Crippen molar-refractivity contribution in [3.8, 4) is 0 Å². The number of nitrogens with one attached hydrogen (secondary N) is 1. The average Bonchev–Trinajstić information content (AvgIpc) is 2.59. The average molecular weight is 333 g/mol. The molecule has 1 amide bonds. The zero-order valence-corrected chi connectivity index (χ0v) is 13.6. The summed E-state index contributed by atoms with van der Waals surface area (Å²) < 4.78 is 4.80. The smallest absolute Gasteiger partial charge is 0.310 e. The lowest BCUT2D eigenvalue weighted by Gasteiger charge is -2.24. The number of hydrogen-bond donors (Lipinski definition) is 1. The van der Waals surface area contributed by atoms with Crippen LogP contribution in [-0.4, -0.2) is 24.0 Å². The summed E-state index contributed by atoms with van der Waals surface area (Å²) in [7, 11) is 1.32. The van der Waals surface area contributed by atoms with E-state index in [9.17, 15) is 9.59 Å². The summed E-state index contributed by atoms with van der Waals surface area (Å²) in [6.45, 7) is 1.71. The molecule has 1 N–H and O–H groups in total. The van der Waals surface area contributed by atoms with E-state index >= 15 is 0 Å². The monoisotopic (exact) mass is 332 g/mol. The van der Waals surface area contributed by atoms with E-state index in [1.165, 1.54) is 25.6 Å². The van der Waals surface area contributed by atoms with Crippen molar-refractivity contribution in [1.29, 1.82) is 0 Å². The predicted octanol–water partition coefficient (Wildman–Crippen LogP) is 3.02. The highest BCUT2D eigenvalue weighted by Gasteiger charge is 2.28. The molecule has 0 bridgehead atoms. The molecule has 2 atom stereocenters. The molecule has 0 aliphatic rings. The lowest BCUT2D eigenvalue weighted by molar-refractivity contribution is -0.145. The molecule has 0 aliphatic carbocycles. The summed E-state index contributed by atoms with van der Waals surface area (Å²) >= 11 is 6.00. The number of ether oxygens (including phenoxy) is 1. The number of halogens is 1. The second-order valence-electron chi connectivity index (χ2n) is 5.03. The number of hydrogen-bond acceptors (Lipinski definition) is 4. The molecule has 0 saturated carbocycles. The molecule has 23 heavy (non-hydrogen) atoms. The largest absolute Gasteiger partial charge is 0.469 e. The summed E-state index contributed by atoms with van der Waals surface area (Å²) in [5, 5.41) is 3.11. The van der Waals surface area contributed by atoms with Crippen molar-refractivity contribution >= 4 is 23.5 Å². The number of methoxy groups -OCH3 is 1. The van der Waals surface area contributed by atoms with Crippen LogP contribution in [0.5, 0.6) is 0 Å². The van der Waals surface area contributed by atoms with Gasteiger partial charge in [0.05, 0.1) is 29.7 Å². The third kappa shape index (κ3) is 4.07. The number of amides is 1. The summed E-state index contributed by atoms with van der Waals surface area (Å²) in [4.78, 5) is 28.2. The van der Waals surface area contributed by atoms with Crippen molar-refractivity contribution in [2.75, 3.05) is 7.11 Å². The Morgan fingerprint density at radius 1 is 1.22 bits per heavy atom. The Hall–Kier alpha value is -2.40. The Kier molecular flexibility index (Phi) is 5.71. The van der Waals surface area contributed by atoms with E-state index in [2.05, 4.69) is 10.3 Å². The topological polar surface area (TPSA) is 68.3 Å². The Morgan fingerprint density at radius 3 is 2.52 bits per heavy atom. The lowest BCUT2D eigenvalue weighted by Crippen LogP contribution is -2.36. The number of aromatic nitrogens is 1. The third-order valence-electron chi connectivity index (χ3n) is 3.54. The van der Waals surface area contributed by atoms with Crippen LogP contribution in [0.4, 0.5) is 0 Å². The summed E-state index contributed by atoms with van der Waals surface area (Å²) in [6.07, 6.45) is 2.89. The van der Waals surface area contributed by atoms with Gasteiger partial charge in [0.1, 0.15) is 0 Å². The van der Waals surface area contributed by atoms with Gasteiger partial charge in [-0.2, -0.15) is 0 Å². The van der Waals surface area contributed by atoms with E-state index in [0.29, 0.717) is 5.56 Å². The summed E-state index contributed by atoms with van der Waals surface area (Å²) in [5.41, 5.74) is 1.11. The minimum Gasteiger partial charge on any atom is -0.469 e. The van der Waals surface area contributed by atoms with Gasteiger partial charge in [0.15, 0.2) is 0 Å². The Bertz CT molecular complexity index is 691. The Labute approximate surface area is 139 Å². The minimum absolute atomic E-state index is 0.252. The Morgan fingerprint density at radius 2 is 1.91 bits per heavy atom. The van der Waals surface area contributed by atoms with Gasteiger partial charge in [0.25, 0.3) is 5.91 Å². The molecule has 6 heteroatoms. The second-order valence-corrected chi connectivity index (χ2v) is 5.44. The minimum atomic E-state index is -0.549. The standard InChI is InChI=1S/C17H17ClN2O3/c1-11(17(22)23-2)15(12-6-4-3-5-7-12)20-16(21)13-8-9-19-10-14(13)18/h3-11,15H,1-2H3,(H,20,21)/t11-,15-/m1/s1. The van der Waals surface area contributed by atoms with E-state index in [0.717, 1.165) is 5.56 Å². The van der Waals surface area contributed by atoms with Crippen molar-refractivity contribution in [3.63, 3.8) is 0 Å². The number of pyridine rings is 1. The molecule has 1 aromatic carbocycles. The highest BCUT2D eigenvalue weighted by Crippen LogP contribution is 2.24. The van der Waals surface area contributed by atoms with Crippen molar-refractivity contribution in [2.24, 2.45) is 5.92 Å². The van der Waals surface area contributed by atoms with E-state index in [1.807, 2.05) is 30.3 Å². The van der Waals surface area contributed by atoms with Crippen LogP contribution >= 0.6 is 11.6 Å². The van der Waals surface area contributed by atoms with Crippen LogP contribution in [0, 0.1) is 5.92 Å². The number of nitrogens with zero attached hydrogens (tertiary/aromatic N) is 1. The van der Waals surface area contributed by atoms with Gasteiger partial charge in [0, 0.05) is 12.4 Å². The fourth-order valence-electron chi connectivity index (χ4n) is 2.26. The van der Waals surface area contributed by atoms with Gasteiger partial charge in [-0.15, -0.1) is 0 Å². The van der Waals surface area contributed by atoms with Crippen LogP contribution in [0.25, 0.3) is 0 Å². The van der Waals surface area contributed by atoms with E-state index in [1.54, 1.807) is 6.92 Å². The lowest BCUT2D eigenvalue weighted by atomic mass is 9.94. The zero-order valence-electron chi connectivity index (χ0n) is 12.8. The van der Waals surface area contributed by atoms with Crippen LogP contribution in [0.3, 0.4) is 0 Å². The highest BCUT2D eigenvalue weighted by molar-refractivity contribution is 6.33. The van der Waals surface area contributed by atoms with Gasteiger partial charge in [-0.05, 0) is 18.6 Å². The van der Waals surface area contributed by atoms with Gasteiger partial charge in [-0.1, -0.05) is 41.9 Å². The normalized spacial score (nSPS) is 13.0. The number of benzene rings is 1. The maximum Gasteiger partial charge on any atom is 0.310 e. The highest BCUT2D eigenvalue weighted by atomic mass is 35.5. The van der Waals surface area contributed by atoms with Crippen molar-refractivity contribution in [2.45, 2.75) is 13.0 Å². The molecule has 2 rings (SSSR count). The van der Waals surface area contributed by atoms with Crippen LogP contribution < -0.4 is 5.32 Å². The van der Waals surface area contributed by atoms with Crippen molar-refractivity contribution < 1.29 is 14.3 Å².